The van der Waals surface area contributed by atoms with Crippen molar-refractivity contribution in [3.8, 4) is 0 Å². The summed E-state index contributed by atoms with van der Waals surface area (Å²) in [7, 11) is 0. The number of ether oxygens (including phenoxy) is 1. The summed E-state index contributed by atoms with van der Waals surface area (Å²) in [4.78, 5) is 4.33. The molecule has 1 heterocycles. The van der Waals surface area contributed by atoms with Crippen LogP contribution in [0.4, 0.5) is 5.82 Å². The van der Waals surface area contributed by atoms with Crippen molar-refractivity contribution in [1.29, 1.82) is 0 Å². The van der Waals surface area contributed by atoms with Crippen molar-refractivity contribution in [2.24, 2.45) is 0 Å². The Labute approximate surface area is 127 Å². The van der Waals surface area contributed by atoms with Crippen LogP contribution >= 0.6 is 0 Å². The highest BCUT2D eigenvalue weighted by molar-refractivity contribution is 5.39. The van der Waals surface area contributed by atoms with E-state index in [9.17, 15) is 0 Å². The van der Waals surface area contributed by atoms with E-state index < -0.39 is 0 Å². The van der Waals surface area contributed by atoms with Gasteiger partial charge in [-0.1, -0.05) is 29.8 Å². The van der Waals surface area contributed by atoms with Gasteiger partial charge in [0.2, 0.25) is 0 Å². The second kappa shape index (κ2) is 6.72. The number of nitrogens with zero attached hydrogens (tertiary/aromatic N) is 1. The van der Waals surface area contributed by atoms with Crippen LogP contribution < -0.4 is 5.32 Å². The Morgan fingerprint density at radius 3 is 2.33 bits per heavy atom. The van der Waals surface area contributed by atoms with Crippen LogP contribution in [0.5, 0.6) is 0 Å². The minimum atomic E-state index is 0.00831. The molecule has 0 saturated heterocycles. The maximum absolute atomic E-state index is 5.78. The Bertz CT molecular complexity index is 571. The molecule has 21 heavy (non-hydrogen) atoms. The lowest BCUT2D eigenvalue weighted by Crippen LogP contribution is -2.26. The normalized spacial score (nSPS) is 11.4. The van der Waals surface area contributed by atoms with E-state index in [4.69, 9.17) is 4.74 Å². The number of nitrogens with one attached hydrogen (secondary N) is 1. The first-order chi connectivity index (χ1) is 9.92. The summed E-state index contributed by atoms with van der Waals surface area (Å²) in [5.41, 5.74) is 3.60. The number of anilines is 1. The van der Waals surface area contributed by atoms with Gasteiger partial charge in [0.05, 0.1) is 13.2 Å². The summed E-state index contributed by atoms with van der Waals surface area (Å²) in [5, 5.41) is 3.37. The van der Waals surface area contributed by atoms with Crippen molar-refractivity contribution in [2.75, 3.05) is 5.32 Å². The standard InChI is InChI=1S/C18H24N2O/c1-14-5-7-15(8-6-14)12-21-13-16-9-10-19-17(11-16)20-18(2,3)4/h5-11H,12-13H2,1-4H3,(H,19,20). The van der Waals surface area contributed by atoms with Crippen LogP contribution in [0.1, 0.15) is 37.5 Å². The van der Waals surface area contributed by atoms with E-state index in [1.54, 1.807) is 0 Å². The van der Waals surface area contributed by atoms with Gasteiger partial charge in [-0.15, -0.1) is 0 Å². The molecule has 0 fully saturated rings. The van der Waals surface area contributed by atoms with Gasteiger partial charge < -0.3 is 10.1 Å². The van der Waals surface area contributed by atoms with E-state index in [0.29, 0.717) is 13.2 Å². The zero-order valence-electron chi connectivity index (χ0n) is 13.3. The van der Waals surface area contributed by atoms with E-state index >= 15 is 0 Å². The Morgan fingerprint density at radius 1 is 1.00 bits per heavy atom. The molecule has 1 aromatic carbocycles. The highest BCUT2D eigenvalue weighted by atomic mass is 16.5. The smallest absolute Gasteiger partial charge is 0.126 e. The molecule has 0 aliphatic heterocycles. The third-order valence-electron chi connectivity index (χ3n) is 2.99. The molecule has 0 aliphatic rings. The zero-order chi connectivity index (χ0) is 15.3. The van der Waals surface area contributed by atoms with Gasteiger partial charge in [0.1, 0.15) is 5.82 Å². The SMILES string of the molecule is Cc1ccc(COCc2ccnc(NC(C)(C)C)c2)cc1. The minimum absolute atomic E-state index is 0.00831. The first kappa shape index (κ1) is 15.5. The highest BCUT2D eigenvalue weighted by Gasteiger charge is 2.10. The van der Waals surface area contributed by atoms with Crippen LogP contribution in [-0.4, -0.2) is 10.5 Å². The molecular formula is C18H24N2O. The van der Waals surface area contributed by atoms with Crippen LogP contribution in [0.25, 0.3) is 0 Å². The average Bonchev–Trinajstić information content (AvgIpc) is 2.39. The largest absolute Gasteiger partial charge is 0.372 e. The minimum Gasteiger partial charge on any atom is -0.372 e. The van der Waals surface area contributed by atoms with Crippen LogP contribution in [0.3, 0.4) is 0 Å². The van der Waals surface area contributed by atoms with Crippen molar-refractivity contribution in [3.63, 3.8) is 0 Å². The van der Waals surface area contributed by atoms with Gasteiger partial charge in [-0.2, -0.15) is 0 Å². The maximum atomic E-state index is 5.78. The van der Waals surface area contributed by atoms with Crippen molar-refractivity contribution in [1.82, 2.24) is 4.98 Å². The summed E-state index contributed by atoms with van der Waals surface area (Å²) < 4.78 is 5.78. The van der Waals surface area contributed by atoms with Crippen LogP contribution in [0.15, 0.2) is 42.6 Å². The molecule has 0 saturated carbocycles. The van der Waals surface area contributed by atoms with Crippen molar-refractivity contribution in [3.05, 3.63) is 59.3 Å². The third kappa shape index (κ3) is 5.56. The van der Waals surface area contributed by atoms with Gasteiger partial charge in [0.25, 0.3) is 0 Å². The number of benzene rings is 1. The first-order valence-electron chi connectivity index (χ1n) is 7.29. The lowest BCUT2D eigenvalue weighted by atomic mass is 10.1. The first-order valence-corrected chi connectivity index (χ1v) is 7.29. The van der Waals surface area contributed by atoms with Gasteiger partial charge in [-0.05, 0) is 51.0 Å². The lowest BCUT2D eigenvalue weighted by Gasteiger charge is -2.21. The zero-order valence-corrected chi connectivity index (χ0v) is 13.3. The number of pyridine rings is 1. The van der Waals surface area contributed by atoms with Gasteiger partial charge in [0.15, 0.2) is 0 Å². The second-order valence-corrected chi connectivity index (χ2v) is 6.40. The van der Waals surface area contributed by atoms with E-state index in [1.807, 2.05) is 18.3 Å². The van der Waals surface area contributed by atoms with Gasteiger partial charge >= 0.3 is 0 Å². The summed E-state index contributed by atoms with van der Waals surface area (Å²) >= 11 is 0. The third-order valence-corrected chi connectivity index (χ3v) is 2.99. The number of hydrogen-bond acceptors (Lipinski definition) is 3. The molecule has 0 bridgehead atoms. The Hall–Kier alpha value is -1.87. The fourth-order valence-corrected chi connectivity index (χ4v) is 1.99. The Kier molecular flexibility index (Phi) is 4.97. The molecule has 1 aromatic heterocycles. The molecule has 3 nitrogen and oxygen atoms in total. The highest BCUT2D eigenvalue weighted by Crippen LogP contribution is 2.14. The summed E-state index contributed by atoms with van der Waals surface area (Å²) in [5.74, 6) is 0.888. The Morgan fingerprint density at radius 2 is 1.67 bits per heavy atom. The van der Waals surface area contributed by atoms with Crippen molar-refractivity contribution in [2.45, 2.75) is 46.4 Å². The molecule has 0 aliphatic carbocycles. The monoisotopic (exact) mass is 284 g/mol. The fourth-order valence-electron chi connectivity index (χ4n) is 1.99. The maximum Gasteiger partial charge on any atom is 0.126 e. The predicted molar refractivity (Wildman–Crippen MR) is 87.3 cm³/mol. The molecule has 2 aromatic rings. The van der Waals surface area contributed by atoms with Gasteiger partial charge in [0, 0.05) is 11.7 Å². The van der Waals surface area contributed by atoms with E-state index in [1.165, 1.54) is 11.1 Å². The number of rotatable bonds is 5. The predicted octanol–water partition coefficient (Wildman–Crippen LogP) is 4.32. The number of hydrogen-bond donors (Lipinski definition) is 1. The van der Waals surface area contributed by atoms with Crippen molar-refractivity contribution >= 4 is 5.82 Å². The summed E-state index contributed by atoms with van der Waals surface area (Å²) in [6, 6.07) is 12.5. The van der Waals surface area contributed by atoms with Gasteiger partial charge in [-0.25, -0.2) is 4.98 Å². The summed E-state index contributed by atoms with van der Waals surface area (Å²) in [6.07, 6.45) is 1.82. The molecule has 0 amide bonds. The molecule has 0 spiro atoms. The molecule has 3 heteroatoms. The van der Waals surface area contributed by atoms with Gasteiger partial charge in [-0.3, -0.25) is 0 Å². The van der Waals surface area contributed by atoms with E-state index in [-0.39, 0.29) is 5.54 Å². The lowest BCUT2D eigenvalue weighted by molar-refractivity contribution is 0.107. The van der Waals surface area contributed by atoms with Crippen LogP contribution in [0.2, 0.25) is 0 Å². The molecule has 0 unspecified atom stereocenters. The van der Waals surface area contributed by atoms with Crippen LogP contribution in [-0.2, 0) is 18.0 Å². The molecule has 0 radical (unpaired) electrons. The van der Waals surface area contributed by atoms with E-state index in [2.05, 4.69) is 62.3 Å². The fraction of sp³-hybridized carbons (Fsp3) is 0.389. The van der Waals surface area contributed by atoms with E-state index in [0.717, 1.165) is 11.4 Å². The molecule has 1 N–H and O–H groups in total. The average molecular weight is 284 g/mol. The topological polar surface area (TPSA) is 34.1 Å². The number of aromatic nitrogens is 1. The Balaban J connectivity index is 1.88. The quantitative estimate of drug-likeness (QED) is 0.888. The molecule has 112 valence electrons. The molecule has 2 rings (SSSR count). The van der Waals surface area contributed by atoms with Crippen LogP contribution in [0, 0.1) is 6.92 Å². The second-order valence-electron chi connectivity index (χ2n) is 6.40. The molecule has 0 atom stereocenters. The summed E-state index contributed by atoms with van der Waals surface area (Å²) in [6.45, 7) is 9.67. The number of aryl methyl sites for hydroxylation is 1. The van der Waals surface area contributed by atoms with Crippen molar-refractivity contribution < 1.29 is 4.74 Å². The molecular weight excluding hydrogens is 260 g/mol.